The van der Waals surface area contributed by atoms with Crippen LogP contribution in [0.5, 0.6) is 0 Å². The van der Waals surface area contributed by atoms with Crippen LogP contribution in [0.3, 0.4) is 0 Å². The van der Waals surface area contributed by atoms with Crippen LogP contribution in [0.25, 0.3) is 0 Å². The van der Waals surface area contributed by atoms with E-state index in [9.17, 15) is 9.00 Å². The summed E-state index contributed by atoms with van der Waals surface area (Å²) in [6.45, 7) is 0. The van der Waals surface area contributed by atoms with E-state index in [0.29, 0.717) is 0 Å². The zero-order valence-corrected chi connectivity index (χ0v) is 5.72. The fourth-order valence-corrected chi connectivity index (χ4v) is 0.551. The van der Waals surface area contributed by atoms with Crippen LogP contribution in [0.2, 0.25) is 0 Å². The molecule has 0 radical (unpaired) electrons. The topological polar surface area (TPSA) is 74.6 Å². The van der Waals surface area contributed by atoms with Crippen LogP contribution in [-0.2, 0) is 15.6 Å². The Morgan fingerprint density at radius 3 is 3.00 bits per heavy atom. The van der Waals surface area contributed by atoms with Gasteiger partial charge in [0.25, 0.3) is 0 Å². The lowest BCUT2D eigenvalue weighted by atomic mass is 10.3. The minimum Gasteiger partial charge on any atom is -0.479 e. The first-order valence-electron chi connectivity index (χ1n) is 4.81. The van der Waals surface area contributed by atoms with Gasteiger partial charge in [-0.2, -0.15) is 0 Å². The van der Waals surface area contributed by atoms with E-state index >= 15 is 0 Å². The molecule has 0 aliphatic carbocycles. The molecule has 4 nitrogen and oxygen atoms in total. The molecule has 0 rings (SSSR count). The summed E-state index contributed by atoms with van der Waals surface area (Å²) in [6, 6.07) is 0. The van der Waals surface area contributed by atoms with E-state index in [4.69, 9.17) is 17.1 Å². The van der Waals surface area contributed by atoms with Gasteiger partial charge in [-0.25, -0.2) is 4.79 Å². The molecular weight excluding hydrogens is 156 g/mol. The third kappa shape index (κ3) is 4.46. The first kappa shape index (κ1) is 3.82. The highest BCUT2D eigenvalue weighted by molar-refractivity contribution is 7.84. The van der Waals surface area contributed by atoms with Gasteiger partial charge in [0.15, 0.2) is 6.10 Å². The quantitative estimate of drug-likeness (QED) is 0.580. The summed E-state index contributed by atoms with van der Waals surface area (Å²) < 4.78 is 45.4. The Hall–Kier alpha value is -0.420. The third-order valence-electron chi connectivity index (χ3n) is 0.693. The molecule has 5 heteroatoms. The van der Waals surface area contributed by atoms with Gasteiger partial charge >= 0.3 is 5.97 Å². The molecule has 0 saturated carbocycles. The number of carbonyl (C=O) groups is 1. The number of aliphatic carboxylic acids is 1. The van der Waals surface area contributed by atoms with Crippen LogP contribution >= 0.6 is 0 Å². The van der Waals surface area contributed by atoms with E-state index in [1.54, 1.807) is 0 Å². The van der Waals surface area contributed by atoms with Crippen molar-refractivity contribution in [2.24, 2.45) is 0 Å². The molecule has 0 fully saturated rings. The summed E-state index contributed by atoms with van der Waals surface area (Å²) in [4.78, 5) is 10.2. The third-order valence-corrected chi connectivity index (χ3v) is 1.12. The van der Waals surface area contributed by atoms with Crippen LogP contribution in [0.4, 0.5) is 0 Å². The van der Waals surface area contributed by atoms with Gasteiger partial charge in [0, 0.05) is 29.5 Å². The summed E-state index contributed by atoms with van der Waals surface area (Å²) >= 11 is 0. The second-order valence-corrected chi connectivity index (χ2v) is 2.30. The highest BCUT2D eigenvalue weighted by Crippen LogP contribution is 1.92. The van der Waals surface area contributed by atoms with E-state index in [-0.39, 0.29) is 0 Å². The van der Waals surface area contributed by atoms with Gasteiger partial charge in [0.2, 0.25) is 0 Å². The molecule has 0 aliphatic rings. The van der Waals surface area contributed by atoms with Crippen molar-refractivity contribution in [1.29, 1.82) is 0 Å². The first-order valence-corrected chi connectivity index (χ1v) is 3.46. The fraction of sp³-hybridized carbons (Fsp3) is 0.800. The van der Waals surface area contributed by atoms with Crippen LogP contribution in [0.1, 0.15) is 13.3 Å². The minimum atomic E-state index is -3.04. The second kappa shape index (κ2) is 4.40. The highest BCUT2D eigenvalue weighted by Gasteiger charge is 2.12. The van der Waals surface area contributed by atoms with Crippen LogP contribution in [0, 0.1) is 0 Å². The van der Waals surface area contributed by atoms with E-state index in [2.05, 4.69) is 0 Å². The lowest BCUT2D eigenvalue weighted by molar-refractivity contribution is -0.146. The van der Waals surface area contributed by atoms with Gasteiger partial charge in [0.05, 0.1) is 0 Å². The van der Waals surface area contributed by atoms with Gasteiger partial charge < -0.3 is 10.2 Å². The zero-order chi connectivity index (χ0) is 12.4. The normalized spacial score (nSPS) is 26.3. The average Bonchev–Trinajstić information content (AvgIpc) is 2.00. The molecule has 60 valence electrons. The summed E-state index contributed by atoms with van der Waals surface area (Å²) in [5.74, 6) is -1.69. The maximum absolute atomic E-state index is 11.1. The Labute approximate surface area is 68.3 Å². The van der Waals surface area contributed by atoms with E-state index in [1.165, 1.54) is 0 Å². The standard InChI is InChI=1S/C5H10O4S/c1-10(9)3-2-4(6)5(7)8/h4,6H,2-3H2,1H3,(H,7,8)/i1D3,3D2. The Bertz CT molecular complexity index is 275. The Morgan fingerprint density at radius 1 is 2.00 bits per heavy atom. The molecule has 2 unspecified atom stereocenters. The zero-order valence-electron chi connectivity index (χ0n) is 9.90. The minimum absolute atomic E-state index is 1.03. The van der Waals surface area contributed by atoms with Crippen molar-refractivity contribution in [3.05, 3.63) is 0 Å². The molecule has 0 aromatic carbocycles. The molecule has 0 heterocycles. The van der Waals surface area contributed by atoms with Crippen molar-refractivity contribution in [3.63, 3.8) is 0 Å². The lowest BCUT2D eigenvalue weighted by Gasteiger charge is -2.01. The second-order valence-electron chi connectivity index (χ2n) is 1.47. The van der Waals surface area contributed by atoms with E-state index < -0.39 is 41.2 Å². The van der Waals surface area contributed by atoms with Gasteiger partial charge in [-0.05, 0) is 6.42 Å². The maximum Gasteiger partial charge on any atom is 0.332 e. The number of hydrogen-bond donors (Lipinski definition) is 2. The molecule has 10 heavy (non-hydrogen) atoms. The smallest absolute Gasteiger partial charge is 0.332 e. The maximum atomic E-state index is 11.1. The highest BCUT2D eigenvalue weighted by atomic mass is 32.2. The number of aliphatic hydroxyl groups excluding tert-OH is 1. The summed E-state index contributed by atoms with van der Waals surface area (Å²) in [7, 11) is -2.87. The molecule has 0 saturated heterocycles. The van der Waals surface area contributed by atoms with Crippen molar-refractivity contribution in [1.82, 2.24) is 0 Å². The molecule has 0 aliphatic heterocycles. The molecule has 2 N–H and O–H groups in total. The predicted molar refractivity (Wildman–Crippen MR) is 37.2 cm³/mol. The Balaban J connectivity index is 4.70. The van der Waals surface area contributed by atoms with Gasteiger partial charge in [0.1, 0.15) is 0 Å². The number of carboxylic acid groups (broad SMARTS) is 1. The lowest BCUT2D eigenvalue weighted by Crippen LogP contribution is -2.21. The largest absolute Gasteiger partial charge is 0.479 e. The average molecular weight is 171 g/mol. The molecule has 0 aromatic rings. The van der Waals surface area contributed by atoms with Crippen LogP contribution in [-0.4, -0.2) is 38.4 Å². The number of aliphatic hydroxyl groups is 1. The van der Waals surface area contributed by atoms with E-state index in [0.717, 1.165) is 0 Å². The van der Waals surface area contributed by atoms with Crippen molar-refractivity contribution in [2.75, 3.05) is 11.9 Å². The Kier molecular flexibility index (Phi) is 1.68. The summed E-state index contributed by atoms with van der Waals surface area (Å²) in [5, 5.41) is 17.1. The summed E-state index contributed by atoms with van der Waals surface area (Å²) in [6.07, 6.45) is -6.15. The molecule has 0 spiro atoms. The van der Waals surface area contributed by atoms with Gasteiger partial charge in [-0.15, -0.1) is 0 Å². The van der Waals surface area contributed by atoms with Crippen molar-refractivity contribution >= 4 is 16.8 Å². The summed E-state index contributed by atoms with van der Waals surface area (Å²) in [5.41, 5.74) is -2.77. The van der Waals surface area contributed by atoms with Crippen molar-refractivity contribution in [2.45, 2.75) is 12.5 Å². The molecule has 0 bridgehead atoms. The van der Waals surface area contributed by atoms with Crippen molar-refractivity contribution in [3.8, 4) is 0 Å². The van der Waals surface area contributed by atoms with Crippen LogP contribution < -0.4 is 0 Å². The SMILES string of the molecule is [2H]C([2H])([2H])S(=O)C([2H])([2H])CC(O)C(=O)O. The van der Waals surface area contributed by atoms with Gasteiger partial charge in [-0.3, -0.25) is 4.21 Å². The molecule has 0 aromatic heterocycles. The van der Waals surface area contributed by atoms with Gasteiger partial charge in [-0.1, -0.05) is 0 Å². The molecule has 2 atom stereocenters. The first-order chi connectivity index (χ1) is 6.48. The number of carboxylic acids is 1. The van der Waals surface area contributed by atoms with Crippen molar-refractivity contribution < 1.29 is 26.1 Å². The molecular formula is C5H10O4S. The molecule has 0 amide bonds. The van der Waals surface area contributed by atoms with Crippen LogP contribution in [0.15, 0.2) is 0 Å². The predicted octanol–water partition coefficient (Wildman–Crippen LogP) is -0.799. The Morgan fingerprint density at radius 2 is 2.60 bits per heavy atom. The number of hydrogen-bond acceptors (Lipinski definition) is 3. The fourth-order valence-electron chi connectivity index (χ4n) is 0.242. The number of rotatable bonds is 4. The monoisotopic (exact) mass is 171 g/mol. The van der Waals surface area contributed by atoms with E-state index in [1.807, 2.05) is 0 Å².